The molecule has 4 aromatic rings. The van der Waals surface area contributed by atoms with Gasteiger partial charge in [-0.1, -0.05) is 48.5 Å². The van der Waals surface area contributed by atoms with Crippen molar-refractivity contribution in [3.05, 3.63) is 84.7 Å². The molecule has 5 heteroatoms. The van der Waals surface area contributed by atoms with E-state index >= 15 is 0 Å². The minimum atomic E-state index is -0.471. The summed E-state index contributed by atoms with van der Waals surface area (Å²) in [5.41, 5.74) is 1.86. The molecule has 23 heavy (non-hydrogen) atoms. The molecule has 0 aliphatic rings. The predicted molar refractivity (Wildman–Crippen MR) is 85.0 cm³/mol. The van der Waals surface area contributed by atoms with Gasteiger partial charge in [-0.3, -0.25) is 4.98 Å². The van der Waals surface area contributed by atoms with E-state index in [1.807, 2.05) is 60.7 Å². The maximum atomic E-state index is 6.09. The van der Waals surface area contributed by atoms with Gasteiger partial charge in [0, 0.05) is 10.9 Å². The zero-order valence-electron chi connectivity index (χ0n) is 12.2. The third-order valence-corrected chi connectivity index (χ3v) is 3.52. The number of pyridine rings is 1. The van der Waals surface area contributed by atoms with Crippen LogP contribution in [0.3, 0.4) is 0 Å². The Labute approximate surface area is 132 Å². The Balaban J connectivity index is 1.72. The summed E-state index contributed by atoms with van der Waals surface area (Å²) >= 11 is 0. The molecule has 1 unspecified atom stereocenters. The number of aromatic nitrogens is 3. The number of nitrogens with zero attached hydrogens (tertiary/aromatic N) is 3. The molecule has 0 amide bonds. The van der Waals surface area contributed by atoms with E-state index in [0.717, 1.165) is 16.5 Å². The second-order valence-electron chi connectivity index (χ2n) is 5.05. The fourth-order valence-electron chi connectivity index (χ4n) is 2.44. The first-order chi connectivity index (χ1) is 11.4. The lowest BCUT2D eigenvalue weighted by atomic mass is 10.1. The van der Waals surface area contributed by atoms with Crippen LogP contribution in [-0.2, 0) is 0 Å². The molecule has 2 aromatic carbocycles. The fourth-order valence-corrected chi connectivity index (χ4v) is 2.44. The Kier molecular flexibility index (Phi) is 3.44. The molecule has 0 aliphatic heterocycles. The van der Waals surface area contributed by atoms with Crippen LogP contribution in [0.4, 0.5) is 0 Å². The van der Waals surface area contributed by atoms with Gasteiger partial charge >= 0.3 is 0 Å². The quantitative estimate of drug-likeness (QED) is 0.574. The minimum absolute atomic E-state index is 0.407. The zero-order valence-corrected chi connectivity index (χ0v) is 12.2. The van der Waals surface area contributed by atoms with Crippen LogP contribution in [0.25, 0.3) is 10.9 Å². The molecule has 112 valence electrons. The van der Waals surface area contributed by atoms with Crippen LogP contribution >= 0.6 is 0 Å². The van der Waals surface area contributed by atoms with Crippen molar-refractivity contribution in [2.24, 2.45) is 0 Å². The van der Waals surface area contributed by atoms with Crippen molar-refractivity contribution >= 4 is 10.9 Å². The molecule has 0 fully saturated rings. The molecule has 0 spiro atoms. The zero-order chi connectivity index (χ0) is 15.5. The van der Waals surface area contributed by atoms with Crippen LogP contribution in [0.5, 0.6) is 5.75 Å². The number of benzene rings is 2. The summed E-state index contributed by atoms with van der Waals surface area (Å²) in [4.78, 5) is 4.42. The van der Waals surface area contributed by atoms with Gasteiger partial charge in [0.1, 0.15) is 5.75 Å². The van der Waals surface area contributed by atoms with Crippen LogP contribution in [0.1, 0.15) is 17.6 Å². The topological polar surface area (TPSA) is 61.0 Å². The summed E-state index contributed by atoms with van der Waals surface area (Å²) in [5.74, 6) is 1.06. The predicted octanol–water partition coefficient (Wildman–Crippen LogP) is 3.79. The molecule has 5 nitrogen and oxygen atoms in total. The monoisotopic (exact) mass is 303 g/mol. The second-order valence-corrected chi connectivity index (χ2v) is 5.05. The molecule has 2 aromatic heterocycles. The summed E-state index contributed by atoms with van der Waals surface area (Å²) in [6.45, 7) is 0. The molecule has 0 N–H and O–H groups in total. The normalized spacial score (nSPS) is 12.2. The van der Waals surface area contributed by atoms with Gasteiger partial charge in [-0.25, -0.2) is 0 Å². The molecule has 4 rings (SSSR count). The third kappa shape index (κ3) is 2.76. The van der Waals surface area contributed by atoms with E-state index in [2.05, 4.69) is 15.2 Å². The number of hydrogen-bond donors (Lipinski definition) is 0. The summed E-state index contributed by atoms with van der Waals surface area (Å²) in [7, 11) is 0. The maximum Gasteiger partial charge on any atom is 0.261 e. The van der Waals surface area contributed by atoms with Crippen molar-refractivity contribution in [1.29, 1.82) is 0 Å². The van der Waals surface area contributed by atoms with Gasteiger partial charge in [-0.05, 0) is 12.1 Å². The van der Waals surface area contributed by atoms with Crippen molar-refractivity contribution in [1.82, 2.24) is 15.2 Å². The van der Waals surface area contributed by atoms with Gasteiger partial charge in [0.25, 0.3) is 5.89 Å². The van der Waals surface area contributed by atoms with Crippen LogP contribution < -0.4 is 4.74 Å². The molecule has 0 radical (unpaired) electrons. The Morgan fingerprint density at radius 1 is 0.957 bits per heavy atom. The first kappa shape index (κ1) is 13.5. The van der Waals surface area contributed by atoms with Gasteiger partial charge in [0.2, 0.25) is 12.5 Å². The molecular formula is C18H13N3O2. The van der Waals surface area contributed by atoms with Gasteiger partial charge in [-0.15, -0.1) is 10.2 Å². The number of hydrogen-bond acceptors (Lipinski definition) is 5. The van der Waals surface area contributed by atoms with E-state index in [4.69, 9.17) is 9.15 Å². The van der Waals surface area contributed by atoms with E-state index in [0.29, 0.717) is 11.6 Å². The van der Waals surface area contributed by atoms with E-state index in [1.54, 1.807) is 6.20 Å². The van der Waals surface area contributed by atoms with Crippen LogP contribution in [0, 0.1) is 0 Å². The smallest absolute Gasteiger partial charge is 0.261 e. The summed E-state index contributed by atoms with van der Waals surface area (Å²) in [5, 5.41) is 8.75. The second kappa shape index (κ2) is 5.88. The average molecular weight is 303 g/mol. The van der Waals surface area contributed by atoms with Gasteiger partial charge in [0.15, 0.2) is 0 Å². The molecule has 1 atom stereocenters. The first-order valence-electron chi connectivity index (χ1n) is 7.22. The van der Waals surface area contributed by atoms with Gasteiger partial charge in [0.05, 0.1) is 11.7 Å². The summed E-state index contributed by atoms with van der Waals surface area (Å²) in [6.07, 6.45) is 2.53. The van der Waals surface area contributed by atoms with E-state index in [1.165, 1.54) is 6.39 Å². The number of ether oxygens (including phenoxy) is 1. The summed E-state index contributed by atoms with van der Waals surface area (Å²) < 4.78 is 11.4. The highest BCUT2D eigenvalue weighted by molar-refractivity contribution is 5.79. The van der Waals surface area contributed by atoms with Crippen LogP contribution in [-0.4, -0.2) is 15.2 Å². The van der Waals surface area contributed by atoms with E-state index in [-0.39, 0.29) is 0 Å². The van der Waals surface area contributed by atoms with Crippen molar-refractivity contribution in [3.8, 4) is 5.75 Å². The Bertz CT molecular complexity index is 908. The van der Waals surface area contributed by atoms with Crippen LogP contribution in [0.15, 0.2) is 77.7 Å². The van der Waals surface area contributed by atoms with E-state index in [9.17, 15) is 0 Å². The molecule has 0 saturated carbocycles. The van der Waals surface area contributed by atoms with Crippen molar-refractivity contribution in [2.45, 2.75) is 6.10 Å². The highest BCUT2D eigenvalue weighted by Crippen LogP contribution is 2.28. The highest BCUT2D eigenvalue weighted by Gasteiger charge is 2.21. The van der Waals surface area contributed by atoms with E-state index < -0.39 is 6.10 Å². The molecule has 0 saturated heterocycles. The van der Waals surface area contributed by atoms with Gasteiger partial charge in [-0.2, -0.15) is 0 Å². The molecule has 0 aliphatic carbocycles. The summed E-state index contributed by atoms with van der Waals surface area (Å²) in [6, 6.07) is 19.6. The van der Waals surface area contributed by atoms with Gasteiger partial charge < -0.3 is 9.15 Å². The van der Waals surface area contributed by atoms with Crippen LogP contribution in [0.2, 0.25) is 0 Å². The lowest BCUT2D eigenvalue weighted by Gasteiger charge is -2.16. The lowest BCUT2D eigenvalue weighted by Crippen LogP contribution is -2.10. The number of para-hydroxylation sites is 1. The SMILES string of the molecule is c1ccc(C(Oc2cnc3ccccc3c2)c2nnco2)cc1. The first-order valence-corrected chi connectivity index (χ1v) is 7.22. The molecular weight excluding hydrogens is 290 g/mol. The molecule has 2 heterocycles. The Morgan fingerprint density at radius 3 is 2.61 bits per heavy atom. The molecule has 0 bridgehead atoms. The minimum Gasteiger partial charge on any atom is -0.474 e. The van der Waals surface area contributed by atoms with Crippen molar-refractivity contribution < 1.29 is 9.15 Å². The van der Waals surface area contributed by atoms with Crippen molar-refractivity contribution in [2.75, 3.05) is 0 Å². The number of fused-ring (bicyclic) bond motifs is 1. The Morgan fingerprint density at radius 2 is 1.78 bits per heavy atom. The standard InChI is InChI=1S/C18H13N3O2/c1-2-6-13(7-3-1)17(18-21-20-12-22-18)23-15-10-14-8-4-5-9-16(14)19-11-15/h1-12,17H. The largest absolute Gasteiger partial charge is 0.474 e. The van der Waals surface area contributed by atoms with Crippen molar-refractivity contribution in [3.63, 3.8) is 0 Å². The number of rotatable bonds is 4. The highest BCUT2D eigenvalue weighted by atomic mass is 16.5. The fraction of sp³-hybridized carbons (Fsp3) is 0.0556. The maximum absolute atomic E-state index is 6.09. The Hall–Kier alpha value is -3.21. The third-order valence-electron chi connectivity index (χ3n) is 3.52. The average Bonchev–Trinajstić information content (AvgIpc) is 3.14. The lowest BCUT2D eigenvalue weighted by molar-refractivity contribution is 0.207.